The average molecular weight is 620 g/mol. The van der Waals surface area contributed by atoms with Gasteiger partial charge in [0, 0.05) is 31.2 Å². The quantitative estimate of drug-likeness (QED) is 0.255. The van der Waals surface area contributed by atoms with Crippen LogP contribution in [-0.2, 0) is 24.4 Å². The van der Waals surface area contributed by atoms with Gasteiger partial charge >= 0.3 is 5.69 Å². The number of likely N-dealkylation sites (tertiary alicyclic amines) is 1. The molecule has 0 radical (unpaired) electrons. The van der Waals surface area contributed by atoms with E-state index < -0.39 is 29.5 Å². The van der Waals surface area contributed by atoms with Crippen molar-refractivity contribution >= 4 is 28.4 Å². The van der Waals surface area contributed by atoms with Crippen LogP contribution in [0.3, 0.4) is 0 Å². The summed E-state index contributed by atoms with van der Waals surface area (Å²) in [6.45, 7) is 2.23. The summed E-state index contributed by atoms with van der Waals surface area (Å²) in [4.78, 5) is 55.2. The Labute approximate surface area is 264 Å². The minimum absolute atomic E-state index is 0.00387. The van der Waals surface area contributed by atoms with Crippen molar-refractivity contribution in [2.24, 2.45) is 0 Å². The highest BCUT2D eigenvalue weighted by Crippen LogP contribution is 2.16. The van der Waals surface area contributed by atoms with Gasteiger partial charge in [0.25, 0.3) is 11.5 Å². The van der Waals surface area contributed by atoms with Crippen molar-refractivity contribution in [2.45, 2.75) is 38.5 Å². The molecular weight excluding hydrogens is 585 g/mol. The summed E-state index contributed by atoms with van der Waals surface area (Å²) >= 11 is 0. The molecule has 4 aromatic carbocycles. The van der Waals surface area contributed by atoms with Gasteiger partial charge in [-0.05, 0) is 60.4 Å². The normalized spacial score (nSPS) is 13.8. The van der Waals surface area contributed by atoms with Gasteiger partial charge in [-0.2, -0.15) is 0 Å². The van der Waals surface area contributed by atoms with Gasteiger partial charge in [-0.1, -0.05) is 66.7 Å². The van der Waals surface area contributed by atoms with E-state index in [4.69, 9.17) is 0 Å². The SMILES string of the molecule is O=C(Cn1c(=O)n(Cc2ccc(C(=O)NC3CCN(Cc4ccccc4)CC3)cc2)c(=O)c2ccccc21)Nc1ccccc1F. The highest BCUT2D eigenvalue weighted by Gasteiger charge is 2.22. The lowest BCUT2D eigenvalue weighted by molar-refractivity contribution is -0.116. The second-order valence-corrected chi connectivity index (χ2v) is 11.5. The minimum atomic E-state index is -0.673. The first-order valence-corrected chi connectivity index (χ1v) is 15.3. The number of rotatable bonds is 9. The van der Waals surface area contributed by atoms with Crippen LogP contribution in [0.2, 0.25) is 0 Å². The number of anilines is 1. The van der Waals surface area contributed by atoms with E-state index >= 15 is 0 Å². The zero-order valence-corrected chi connectivity index (χ0v) is 25.2. The molecule has 9 nitrogen and oxygen atoms in total. The number of hydrogen-bond acceptors (Lipinski definition) is 5. The number of nitrogens with one attached hydrogen (secondary N) is 2. The van der Waals surface area contributed by atoms with E-state index in [1.807, 2.05) is 18.2 Å². The van der Waals surface area contributed by atoms with E-state index in [1.54, 1.807) is 54.6 Å². The van der Waals surface area contributed by atoms with Gasteiger partial charge in [0.1, 0.15) is 12.4 Å². The maximum Gasteiger partial charge on any atom is 0.332 e. The number of para-hydroxylation sites is 2. The molecule has 0 spiro atoms. The van der Waals surface area contributed by atoms with E-state index in [0.717, 1.165) is 37.0 Å². The fourth-order valence-electron chi connectivity index (χ4n) is 5.85. The van der Waals surface area contributed by atoms with Crippen molar-refractivity contribution < 1.29 is 14.0 Å². The predicted octanol–water partition coefficient (Wildman–Crippen LogP) is 4.38. The second-order valence-electron chi connectivity index (χ2n) is 11.5. The van der Waals surface area contributed by atoms with Crippen LogP contribution in [0.1, 0.15) is 34.3 Å². The molecule has 1 aliphatic rings. The summed E-state index contributed by atoms with van der Waals surface area (Å²) in [6.07, 6.45) is 1.73. The van der Waals surface area contributed by atoms with E-state index in [1.165, 1.54) is 28.3 Å². The zero-order valence-electron chi connectivity index (χ0n) is 25.2. The Morgan fingerprint density at radius 2 is 1.39 bits per heavy atom. The number of carbonyl (C=O) groups is 2. The Kier molecular flexibility index (Phi) is 9.16. The van der Waals surface area contributed by atoms with E-state index in [2.05, 4.69) is 27.7 Å². The summed E-state index contributed by atoms with van der Waals surface area (Å²) in [6, 6.07) is 29.5. The molecule has 0 aliphatic carbocycles. The highest BCUT2D eigenvalue weighted by atomic mass is 19.1. The monoisotopic (exact) mass is 619 g/mol. The molecule has 6 rings (SSSR count). The molecule has 2 heterocycles. The topological polar surface area (TPSA) is 105 Å². The molecule has 0 unspecified atom stereocenters. The summed E-state index contributed by atoms with van der Waals surface area (Å²) in [5.41, 5.74) is 1.54. The van der Waals surface area contributed by atoms with Gasteiger partial charge in [0.15, 0.2) is 0 Å². The van der Waals surface area contributed by atoms with Gasteiger partial charge < -0.3 is 10.6 Å². The molecule has 0 bridgehead atoms. The number of benzene rings is 4. The Hall–Kier alpha value is -5.35. The average Bonchev–Trinajstić information content (AvgIpc) is 3.08. The summed E-state index contributed by atoms with van der Waals surface area (Å²) in [7, 11) is 0. The maximum absolute atomic E-state index is 14.1. The molecule has 0 atom stereocenters. The molecule has 10 heteroatoms. The molecule has 2 amide bonds. The van der Waals surface area contributed by atoms with E-state index in [-0.39, 0.29) is 29.6 Å². The first kappa shape index (κ1) is 30.7. The third-order valence-electron chi connectivity index (χ3n) is 8.31. The maximum atomic E-state index is 14.1. The van der Waals surface area contributed by atoms with Crippen molar-refractivity contribution in [1.82, 2.24) is 19.4 Å². The van der Waals surface area contributed by atoms with Crippen molar-refractivity contribution in [3.63, 3.8) is 0 Å². The molecule has 5 aromatic rings. The summed E-state index contributed by atoms with van der Waals surface area (Å²) < 4.78 is 16.4. The first-order valence-electron chi connectivity index (χ1n) is 15.3. The number of halogens is 1. The number of aromatic nitrogens is 2. The fraction of sp³-hybridized carbons (Fsp3) is 0.222. The van der Waals surface area contributed by atoms with Crippen molar-refractivity contribution in [2.75, 3.05) is 18.4 Å². The number of fused-ring (bicyclic) bond motifs is 1. The smallest absolute Gasteiger partial charge is 0.332 e. The van der Waals surface area contributed by atoms with Crippen LogP contribution in [0.4, 0.5) is 10.1 Å². The van der Waals surface area contributed by atoms with Crippen molar-refractivity contribution in [3.05, 3.63) is 146 Å². The van der Waals surface area contributed by atoms with Crippen molar-refractivity contribution in [3.8, 4) is 0 Å². The lowest BCUT2D eigenvalue weighted by atomic mass is 10.0. The van der Waals surface area contributed by atoms with Gasteiger partial charge in [0.05, 0.1) is 23.1 Å². The molecule has 234 valence electrons. The van der Waals surface area contributed by atoms with Crippen LogP contribution < -0.4 is 21.9 Å². The van der Waals surface area contributed by atoms with Gasteiger partial charge in [-0.15, -0.1) is 0 Å². The van der Waals surface area contributed by atoms with E-state index in [9.17, 15) is 23.6 Å². The van der Waals surface area contributed by atoms with Crippen LogP contribution in [0.25, 0.3) is 10.9 Å². The van der Waals surface area contributed by atoms with Crippen molar-refractivity contribution in [1.29, 1.82) is 0 Å². The van der Waals surface area contributed by atoms with Crippen LogP contribution in [-0.4, -0.2) is 45.0 Å². The molecule has 1 aliphatic heterocycles. The number of hydrogen-bond donors (Lipinski definition) is 2. The standard InChI is InChI=1S/C36H34FN5O4/c37-30-11-5-6-12-31(30)39-33(43)24-41-32-13-7-4-10-29(32)35(45)42(36(41)46)23-26-14-16-27(17-15-26)34(44)38-28-18-20-40(21-19-28)22-25-8-2-1-3-9-25/h1-17,28H,18-24H2,(H,38,44)(H,39,43). The van der Waals surface area contributed by atoms with Gasteiger partial charge in [-0.25, -0.2) is 9.18 Å². The Morgan fingerprint density at radius 1 is 0.739 bits per heavy atom. The molecule has 1 aromatic heterocycles. The number of nitrogens with zero attached hydrogens (tertiary/aromatic N) is 3. The third kappa shape index (κ3) is 6.97. The fourth-order valence-corrected chi connectivity index (χ4v) is 5.85. The number of carbonyl (C=O) groups excluding carboxylic acids is 2. The largest absolute Gasteiger partial charge is 0.349 e. The van der Waals surface area contributed by atoms with E-state index in [0.29, 0.717) is 16.6 Å². The Bertz CT molecular complexity index is 1980. The molecule has 0 saturated carbocycles. The molecule has 1 fully saturated rings. The second kappa shape index (κ2) is 13.7. The van der Waals surface area contributed by atoms with Crippen LogP contribution in [0, 0.1) is 5.82 Å². The molecule has 2 N–H and O–H groups in total. The molecule has 1 saturated heterocycles. The van der Waals surface area contributed by atoms with Crippen LogP contribution >= 0.6 is 0 Å². The highest BCUT2D eigenvalue weighted by molar-refractivity contribution is 5.94. The Morgan fingerprint density at radius 3 is 2.13 bits per heavy atom. The lowest BCUT2D eigenvalue weighted by Crippen LogP contribution is -2.44. The third-order valence-corrected chi connectivity index (χ3v) is 8.31. The molecule has 46 heavy (non-hydrogen) atoms. The molecular formula is C36H34FN5O4. The Balaban J connectivity index is 1.13. The first-order chi connectivity index (χ1) is 22.4. The predicted molar refractivity (Wildman–Crippen MR) is 175 cm³/mol. The number of amides is 2. The van der Waals surface area contributed by atoms with Gasteiger partial charge in [-0.3, -0.25) is 28.4 Å². The summed E-state index contributed by atoms with van der Waals surface area (Å²) in [5.74, 6) is -1.38. The zero-order chi connectivity index (χ0) is 32.0. The summed E-state index contributed by atoms with van der Waals surface area (Å²) in [5, 5.41) is 5.90. The number of piperidine rings is 1. The van der Waals surface area contributed by atoms with Gasteiger partial charge in [0.2, 0.25) is 5.91 Å². The van der Waals surface area contributed by atoms with Crippen LogP contribution in [0.5, 0.6) is 0 Å². The minimum Gasteiger partial charge on any atom is -0.349 e. The van der Waals surface area contributed by atoms with Crippen LogP contribution in [0.15, 0.2) is 113 Å². The lowest BCUT2D eigenvalue weighted by Gasteiger charge is -2.32.